The lowest BCUT2D eigenvalue weighted by Gasteiger charge is -2.29. The molecule has 1 nitrogen and oxygen atoms in total. The minimum absolute atomic E-state index is 0.120. The Kier molecular flexibility index (Phi) is 3.66. The number of nitrogens with zero attached hydrogens (tertiary/aromatic N) is 1. The van der Waals surface area contributed by atoms with Crippen molar-refractivity contribution in [1.29, 1.82) is 0 Å². The van der Waals surface area contributed by atoms with Gasteiger partial charge in [0.1, 0.15) is 0 Å². The summed E-state index contributed by atoms with van der Waals surface area (Å²) in [5.41, 5.74) is 4.00. The highest BCUT2D eigenvalue weighted by molar-refractivity contribution is 5.96. The second-order valence-corrected chi connectivity index (χ2v) is 6.82. The maximum atomic E-state index is 2.31. The summed E-state index contributed by atoms with van der Waals surface area (Å²) in [6, 6.07) is 23.7. The highest BCUT2D eigenvalue weighted by Gasteiger charge is 2.20. The van der Waals surface area contributed by atoms with Gasteiger partial charge in [0.2, 0.25) is 0 Å². The molecule has 3 aromatic carbocycles. The fourth-order valence-corrected chi connectivity index (χ4v) is 3.03. The summed E-state index contributed by atoms with van der Waals surface area (Å²) in [7, 11) is 2.16. The molecule has 3 aromatic rings. The van der Waals surface area contributed by atoms with Gasteiger partial charge in [0.15, 0.2) is 0 Å². The van der Waals surface area contributed by atoms with E-state index in [1.807, 2.05) is 0 Å². The van der Waals surface area contributed by atoms with Crippen molar-refractivity contribution in [3.05, 3.63) is 72.3 Å². The molecule has 0 unspecified atom stereocenters. The average Bonchev–Trinajstić information content (AvgIpc) is 2.53. The third-order valence-electron chi connectivity index (χ3n) is 4.20. The second-order valence-electron chi connectivity index (χ2n) is 6.82. The first kappa shape index (κ1) is 14.6. The summed E-state index contributed by atoms with van der Waals surface area (Å²) in [4.78, 5) is 2.31. The zero-order chi connectivity index (χ0) is 15.7. The molecule has 0 amide bonds. The third kappa shape index (κ3) is 2.59. The lowest BCUT2D eigenvalue weighted by atomic mass is 9.85. The predicted octanol–water partition coefficient (Wildman–Crippen LogP) is 5.91. The van der Waals surface area contributed by atoms with Crippen LogP contribution in [0.1, 0.15) is 26.3 Å². The van der Waals surface area contributed by atoms with Crippen molar-refractivity contribution in [2.75, 3.05) is 11.9 Å². The molecular formula is C21H23N. The molecule has 0 aliphatic heterocycles. The Hall–Kier alpha value is -2.28. The molecule has 0 radical (unpaired) electrons. The standard InChI is InChI=1S/C21H23N/c1-21(2,3)18-13-7-8-14-20(18)22(4)19-15-9-11-16-10-5-6-12-17(16)19/h5-15H,1-4H3. The van der Waals surface area contributed by atoms with E-state index < -0.39 is 0 Å². The molecule has 1 heteroatoms. The zero-order valence-electron chi connectivity index (χ0n) is 13.8. The van der Waals surface area contributed by atoms with Crippen LogP contribution in [0.15, 0.2) is 66.7 Å². The Bertz CT molecular complexity index is 791. The van der Waals surface area contributed by atoms with Crippen LogP contribution in [0, 0.1) is 0 Å². The summed E-state index contributed by atoms with van der Waals surface area (Å²) in [5, 5.41) is 2.57. The number of para-hydroxylation sites is 1. The van der Waals surface area contributed by atoms with E-state index in [9.17, 15) is 0 Å². The molecule has 0 fully saturated rings. The molecule has 0 aromatic heterocycles. The van der Waals surface area contributed by atoms with E-state index in [1.54, 1.807) is 0 Å². The van der Waals surface area contributed by atoms with Crippen molar-refractivity contribution in [2.45, 2.75) is 26.2 Å². The van der Waals surface area contributed by atoms with Gasteiger partial charge in [-0.05, 0) is 28.5 Å². The quantitative estimate of drug-likeness (QED) is 0.567. The van der Waals surface area contributed by atoms with Gasteiger partial charge in [0, 0.05) is 23.8 Å². The van der Waals surface area contributed by atoms with E-state index in [0.717, 1.165) is 0 Å². The van der Waals surface area contributed by atoms with E-state index in [2.05, 4.69) is 99.4 Å². The molecule has 22 heavy (non-hydrogen) atoms. The normalized spacial score (nSPS) is 11.6. The van der Waals surface area contributed by atoms with Gasteiger partial charge in [-0.25, -0.2) is 0 Å². The average molecular weight is 289 g/mol. The van der Waals surface area contributed by atoms with Gasteiger partial charge in [-0.1, -0.05) is 75.4 Å². The lowest BCUT2D eigenvalue weighted by molar-refractivity contribution is 0.590. The van der Waals surface area contributed by atoms with E-state index in [-0.39, 0.29) is 5.41 Å². The summed E-state index contributed by atoms with van der Waals surface area (Å²) < 4.78 is 0. The second kappa shape index (κ2) is 5.49. The van der Waals surface area contributed by atoms with E-state index in [1.165, 1.54) is 27.7 Å². The minimum atomic E-state index is 0.120. The van der Waals surface area contributed by atoms with Crippen LogP contribution in [0.3, 0.4) is 0 Å². The number of fused-ring (bicyclic) bond motifs is 1. The molecule has 0 heterocycles. The number of hydrogen-bond donors (Lipinski definition) is 0. The first-order chi connectivity index (χ1) is 10.5. The van der Waals surface area contributed by atoms with Crippen molar-refractivity contribution in [3.8, 4) is 0 Å². The Balaban J connectivity index is 2.17. The summed E-state index contributed by atoms with van der Waals surface area (Å²) in [5.74, 6) is 0. The van der Waals surface area contributed by atoms with E-state index in [4.69, 9.17) is 0 Å². The van der Waals surface area contributed by atoms with Crippen LogP contribution in [0.4, 0.5) is 11.4 Å². The summed E-state index contributed by atoms with van der Waals surface area (Å²) >= 11 is 0. The highest BCUT2D eigenvalue weighted by atomic mass is 15.1. The molecule has 0 spiro atoms. The van der Waals surface area contributed by atoms with Crippen LogP contribution in [0.2, 0.25) is 0 Å². The molecule has 0 atom stereocenters. The maximum absolute atomic E-state index is 2.31. The van der Waals surface area contributed by atoms with Crippen LogP contribution in [0.25, 0.3) is 10.8 Å². The maximum Gasteiger partial charge on any atom is 0.0487 e. The lowest BCUT2D eigenvalue weighted by Crippen LogP contribution is -2.19. The van der Waals surface area contributed by atoms with Gasteiger partial charge in [-0.2, -0.15) is 0 Å². The first-order valence-corrected chi connectivity index (χ1v) is 7.79. The van der Waals surface area contributed by atoms with Crippen LogP contribution < -0.4 is 4.90 Å². The SMILES string of the molecule is CN(c1ccccc1C(C)(C)C)c1cccc2ccccc12. The molecule has 0 saturated heterocycles. The van der Waals surface area contributed by atoms with Gasteiger partial charge in [0.25, 0.3) is 0 Å². The van der Waals surface area contributed by atoms with Crippen molar-refractivity contribution in [1.82, 2.24) is 0 Å². The minimum Gasteiger partial charge on any atom is -0.344 e. The molecule has 0 bridgehead atoms. The van der Waals surface area contributed by atoms with E-state index in [0.29, 0.717) is 0 Å². The number of hydrogen-bond acceptors (Lipinski definition) is 1. The Morgan fingerprint density at radius 1 is 0.682 bits per heavy atom. The number of rotatable bonds is 2. The molecule has 0 aliphatic rings. The predicted molar refractivity (Wildman–Crippen MR) is 97.2 cm³/mol. The molecule has 0 N–H and O–H groups in total. The molecule has 0 saturated carbocycles. The molecule has 3 rings (SSSR count). The smallest absolute Gasteiger partial charge is 0.0487 e. The largest absolute Gasteiger partial charge is 0.344 e. The van der Waals surface area contributed by atoms with Gasteiger partial charge < -0.3 is 4.90 Å². The number of benzene rings is 3. The fraction of sp³-hybridized carbons (Fsp3) is 0.238. The third-order valence-corrected chi connectivity index (χ3v) is 4.20. The van der Waals surface area contributed by atoms with Crippen LogP contribution in [-0.2, 0) is 5.41 Å². The summed E-state index contributed by atoms with van der Waals surface area (Å²) in [6.45, 7) is 6.80. The van der Waals surface area contributed by atoms with Gasteiger partial charge >= 0.3 is 0 Å². The van der Waals surface area contributed by atoms with Crippen molar-refractivity contribution in [3.63, 3.8) is 0 Å². The van der Waals surface area contributed by atoms with Gasteiger partial charge in [0.05, 0.1) is 0 Å². The Morgan fingerprint density at radius 2 is 1.27 bits per heavy atom. The fourth-order valence-electron chi connectivity index (χ4n) is 3.03. The number of anilines is 2. The van der Waals surface area contributed by atoms with Gasteiger partial charge in [-0.3, -0.25) is 0 Å². The molecular weight excluding hydrogens is 266 g/mol. The summed E-state index contributed by atoms with van der Waals surface area (Å²) in [6.07, 6.45) is 0. The zero-order valence-corrected chi connectivity index (χ0v) is 13.8. The Morgan fingerprint density at radius 3 is 2.05 bits per heavy atom. The first-order valence-electron chi connectivity index (χ1n) is 7.79. The molecule has 0 aliphatic carbocycles. The van der Waals surface area contributed by atoms with Gasteiger partial charge in [-0.15, -0.1) is 0 Å². The highest BCUT2D eigenvalue weighted by Crippen LogP contribution is 2.37. The van der Waals surface area contributed by atoms with Crippen molar-refractivity contribution in [2.24, 2.45) is 0 Å². The van der Waals surface area contributed by atoms with Crippen LogP contribution in [0.5, 0.6) is 0 Å². The van der Waals surface area contributed by atoms with E-state index >= 15 is 0 Å². The van der Waals surface area contributed by atoms with Crippen molar-refractivity contribution < 1.29 is 0 Å². The van der Waals surface area contributed by atoms with Crippen LogP contribution in [-0.4, -0.2) is 7.05 Å². The topological polar surface area (TPSA) is 3.24 Å². The Labute approximate surface area is 133 Å². The van der Waals surface area contributed by atoms with Crippen LogP contribution >= 0.6 is 0 Å². The van der Waals surface area contributed by atoms with Crippen molar-refractivity contribution >= 4 is 22.1 Å². The monoisotopic (exact) mass is 289 g/mol. The molecule has 112 valence electrons.